The van der Waals surface area contributed by atoms with Gasteiger partial charge in [-0.2, -0.15) is 0 Å². The summed E-state index contributed by atoms with van der Waals surface area (Å²) in [6.07, 6.45) is 3.89. The van der Waals surface area contributed by atoms with Crippen LogP contribution in [0.3, 0.4) is 0 Å². The molecule has 0 atom stereocenters. The molecule has 0 aliphatic carbocycles. The van der Waals surface area contributed by atoms with Crippen molar-refractivity contribution in [1.29, 1.82) is 0 Å². The van der Waals surface area contributed by atoms with E-state index in [1.54, 1.807) is 66.0 Å². The van der Waals surface area contributed by atoms with E-state index in [-0.39, 0.29) is 18.8 Å². The number of benzene rings is 1. The Balaban J connectivity index is 2.80. The molecular weight excluding hydrogens is 376 g/mol. The van der Waals surface area contributed by atoms with E-state index in [0.717, 1.165) is 5.56 Å². The summed E-state index contributed by atoms with van der Waals surface area (Å²) < 4.78 is 10.6. The summed E-state index contributed by atoms with van der Waals surface area (Å²) in [5, 5.41) is 10.7. The Morgan fingerprint density at radius 1 is 0.966 bits per heavy atom. The predicted molar refractivity (Wildman–Crippen MR) is 109 cm³/mol. The molecule has 0 aromatic heterocycles. The van der Waals surface area contributed by atoms with Crippen LogP contribution in [0.5, 0.6) is 0 Å². The number of allylic oxidation sites excluding steroid dienone is 1. The fourth-order valence-corrected chi connectivity index (χ4v) is 2.33. The minimum atomic E-state index is -0.628. The molecular formula is C21H30N2O6. The minimum Gasteiger partial charge on any atom is -0.459 e. The maximum absolute atomic E-state index is 12.2. The van der Waals surface area contributed by atoms with Crippen LogP contribution in [0, 0.1) is 10.1 Å². The molecule has 0 bridgehead atoms. The first kappa shape index (κ1) is 24.1. The third-order valence-corrected chi connectivity index (χ3v) is 3.32. The molecule has 0 amide bonds. The summed E-state index contributed by atoms with van der Waals surface area (Å²) in [5.74, 6) is -0.915. The van der Waals surface area contributed by atoms with Crippen LogP contribution < -0.4 is 0 Å². The van der Waals surface area contributed by atoms with Gasteiger partial charge in [-0.3, -0.25) is 19.7 Å². The first-order chi connectivity index (χ1) is 13.2. The zero-order chi connectivity index (χ0) is 22.2. The second kappa shape index (κ2) is 10.0. The highest BCUT2D eigenvalue weighted by Crippen LogP contribution is 2.13. The minimum absolute atomic E-state index is 0.0224. The lowest BCUT2D eigenvalue weighted by molar-refractivity contribution is -0.384. The molecule has 1 aromatic rings. The van der Waals surface area contributed by atoms with Crippen LogP contribution in [0.25, 0.3) is 0 Å². The van der Waals surface area contributed by atoms with Gasteiger partial charge in [0.1, 0.15) is 24.3 Å². The molecule has 0 radical (unpaired) electrons. The van der Waals surface area contributed by atoms with Crippen LogP contribution in [0.1, 0.15) is 47.1 Å². The number of carbonyl (C=O) groups is 2. The summed E-state index contributed by atoms with van der Waals surface area (Å²) in [6.45, 7) is 10.4. The molecule has 0 N–H and O–H groups in total. The van der Waals surface area contributed by atoms with Gasteiger partial charge < -0.3 is 14.4 Å². The molecule has 8 nitrogen and oxygen atoms in total. The summed E-state index contributed by atoms with van der Waals surface area (Å²) in [5.41, 5.74) is -0.371. The van der Waals surface area contributed by atoms with Gasteiger partial charge in [-0.1, -0.05) is 18.2 Å². The average Bonchev–Trinajstić information content (AvgIpc) is 2.51. The molecule has 1 rings (SSSR count). The van der Waals surface area contributed by atoms with E-state index in [1.165, 1.54) is 17.0 Å². The number of rotatable bonds is 8. The number of hydrogen-bond donors (Lipinski definition) is 0. The van der Waals surface area contributed by atoms with Gasteiger partial charge in [0, 0.05) is 12.1 Å². The van der Waals surface area contributed by atoms with Gasteiger partial charge in [0.15, 0.2) is 0 Å². The SMILES string of the molecule is CC(C)(C)OC(=O)CN(/C=C/Cc1ccc([N+](=O)[O-])cc1)CC(=O)OC(C)(C)C. The first-order valence-corrected chi connectivity index (χ1v) is 9.33. The Morgan fingerprint density at radius 3 is 1.79 bits per heavy atom. The third-order valence-electron chi connectivity index (χ3n) is 3.32. The molecule has 0 heterocycles. The zero-order valence-corrected chi connectivity index (χ0v) is 17.9. The Morgan fingerprint density at radius 2 is 1.41 bits per heavy atom. The molecule has 0 unspecified atom stereocenters. The average molecular weight is 406 g/mol. The van der Waals surface area contributed by atoms with Gasteiger partial charge in [0.25, 0.3) is 5.69 Å². The molecule has 0 saturated carbocycles. The summed E-state index contributed by atoms with van der Waals surface area (Å²) in [7, 11) is 0. The Labute approximate surface area is 171 Å². The van der Waals surface area contributed by atoms with E-state index in [2.05, 4.69) is 0 Å². The van der Waals surface area contributed by atoms with Crippen LogP contribution in [-0.2, 0) is 25.5 Å². The van der Waals surface area contributed by atoms with Crippen LogP contribution in [0.2, 0.25) is 0 Å². The molecule has 8 heteroatoms. The molecule has 0 fully saturated rings. The molecule has 160 valence electrons. The highest BCUT2D eigenvalue weighted by molar-refractivity contribution is 5.75. The molecule has 0 aliphatic rings. The predicted octanol–water partition coefficient (Wildman–Crippen LogP) is 3.64. The third kappa shape index (κ3) is 10.9. The zero-order valence-electron chi connectivity index (χ0n) is 17.9. The Bertz CT molecular complexity index is 712. The lowest BCUT2D eigenvalue weighted by atomic mass is 10.1. The normalized spacial score (nSPS) is 11.9. The van der Waals surface area contributed by atoms with Crippen molar-refractivity contribution in [2.45, 2.75) is 59.2 Å². The Kier molecular flexibility index (Phi) is 8.36. The van der Waals surface area contributed by atoms with Crippen LogP contribution >= 0.6 is 0 Å². The largest absolute Gasteiger partial charge is 0.459 e. The van der Waals surface area contributed by atoms with Crippen LogP contribution in [-0.4, -0.2) is 46.1 Å². The number of esters is 2. The first-order valence-electron chi connectivity index (χ1n) is 9.33. The highest BCUT2D eigenvalue weighted by Gasteiger charge is 2.21. The van der Waals surface area contributed by atoms with E-state index in [0.29, 0.717) is 6.42 Å². The maximum Gasteiger partial charge on any atom is 0.326 e. The number of nitro groups is 1. The highest BCUT2D eigenvalue weighted by atomic mass is 16.6. The van der Waals surface area contributed by atoms with Gasteiger partial charge in [0.2, 0.25) is 0 Å². The van der Waals surface area contributed by atoms with Crippen molar-refractivity contribution in [3.05, 3.63) is 52.2 Å². The fourth-order valence-electron chi connectivity index (χ4n) is 2.33. The standard InChI is InChI=1S/C21H30N2O6/c1-20(2,3)28-18(24)14-22(15-19(25)29-21(4,5)6)13-7-8-16-9-11-17(12-10-16)23(26)27/h7,9-13H,8,14-15H2,1-6H3/b13-7+. The Hall–Kier alpha value is -2.90. The molecule has 0 spiro atoms. The van der Waals surface area contributed by atoms with E-state index in [4.69, 9.17) is 9.47 Å². The monoisotopic (exact) mass is 406 g/mol. The lowest BCUT2D eigenvalue weighted by Gasteiger charge is -2.25. The van der Waals surface area contributed by atoms with Crippen molar-refractivity contribution in [3.8, 4) is 0 Å². The topological polar surface area (TPSA) is 99.0 Å². The molecule has 29 heavy (non-hydrogen) atoms. The second-order valence-electron chi connectivity index (χ2n) is 8.59. The van der Waals surface area contributed by atoms with Gasteiger partial charge in [0.05, 0.1) is 4.92 Å². The lowest BCUT2D eigenvalue weighted by Crippen LogP contribution is -2.37. The quantitative estimate of drug-likeness (QED) is 0.369. The van der Waals surface area contributed by atoms with Crippen molar-refractivity contribution in [2.75, 3.05) is 13.1 Å². The van der Waals surface area contributed by atoms with Gasteiger partial charge in [-0.05, 0) is 59.7 Å². The van der Waals surface area contributed by atoms with E-state index < -0.39 is 28.1 Å². The van der Waals surface area contributed by atoms with Crippen LogP contribution in [0.15, 0.2) is 36.5 Å². The van der Waals surface area contributed by atoms with Crippen molar-refractivity contribution < 1.29 is 24.0 Å². The van der Waals surface area contributed by atoms with Crippen molar-refractivity contribution in [3.63, 3.8) is 0 Å². The maximum atomic E-state index is 12.2. The van der Waals surface area contributed by atoms with E-state index in [1.807, 2.05) is 0 Å². The van der Waals surface area contributed by atoms with Crippen molar-refractivity contribution >= 4 is 17.6 Å². The number of carbonyl (C=O) groups excluding carboxylic acids is 2. The van der Waals surface area contributed by atoms with Crippen molar-refractivity contribution in [1.82, 2.24) is 4.90 Å². The number of ether oxygens (including phenoxy) is 2. The van der Waals surface area contributed by atoms with Crippen molar-refractivity contribution in [2.24, 2.45) is 0 Å². The second-order valence-corrected chi connectivity index (χ2v) is 8.59. The summed E-state index contributed by atoms with van der Waals surface area (Å²) >= 11 is 0. The smallest absolute Gasteiger partial charge is 0.326 e. The molecule has 0 saturated heterocycles. The van der Waals surface area contributed by atoms with Gasteiger partial charge >= 0.3 is 11.9 Å². The van der Waals surface area contributed by atoms with Gasteiger partial charge in [-0.15, -0.1) is 0 Å². The van der Waals surface area contributed by atoms with E-state index in [9.17, 15) is 19.7 Å². The van der Waals surface area contributed by atoms with Crippen LogP contribution in [0.4, 0.5) is 5.69 Å². The van der Waals surface area contributed by atoms with Gasteiger partial charge in [-0.25, -0.2) is 0 Å². The molecule has 1 aromatic carbocycles. The fraction of sp³-hybridized carbons (Fsp3) is 0.524. The summed E-state index contributed by atoms with van der Waals surface area (Å²) in [4.78, 5) is 36.1. The molecule has 0 aliphatic heterocycles. The number of nitro benzene ring substituents is 1. The van der Waals surface area contributed by atoms with E-state index >= 15 is 0 Å². The number of hydrogen-bond acceptors (Lipinski definition) is 7. The number of non-ortho nitro benzene ring substituents is 1. The number of nitrogens with zero attached hydrogens (tertiary/aromatic N) is 2. The summed E-state index contributed by atoms with van der Waals surface area (Å²) in [6, 6.07) is 6.19.